The van der Waals surface area contributed by atoms with Crippen molar-refractivity contribution in [3.8, 4) is 6.07 Å². The van der Waals surface area contributed by atoms with Gasteiger partial charge in [0.15, 0.2) is 6.10 Å². The minimum absolute atomic E-state index is 0.399. The van der Waals surface area contributed by atoms with Crippen molar-refractivity contribution in [2.24, 2.45) is 0 Å². The van der Waals surface area contributed by atoms with E-state index < -0.39 is 6.10 Å². The molecule has 0 radical (unpaired) electrons. The number of rotatable bonds is 1. The molecule has 1 aliphatic rings. The van der Waals surface area contributed by atoms with Gasteiger partial charge in [-0.2, -0.15) is 5.26 Å². The van der Waals surface area contributed by atoms with Crippen LogP contribution in [0.1, 0.15) is 0 Å². The summed E-state index contributed by atoms with van der Waals surface area (Å²) in [7, 11) is 0. The van der Waals surface area contributed by atoms with Crippen LogP contribution in [0, 0.1) is 11.3 Å². The van der Waals surface area contributed by atoms with Gasteiger partial charge in [0.1, 0.15) is 0 Å². The van der Waals surface area contributed by atoms with Crippen molar-refractivity contribution >= 4 is 28.9 Å². The fourth-order valence-corrected chi connectivity index (χ4v) is 2.10. The Morgan fingerprint density at radius 3 is 3.00 bits per heavy atom. The van der Waals surface area contributed by atoms with Gasteiger partial charge in [-0.25, -0.2) is 0 Å². The molecule has 1 heterocycles. The Kier molecular flexibility index (Phi) is 3.55. The van der Waals surface area contributed by atoms with E-state index in [9.17, 15) is 0 Å². The van der Waals surface area contributed by atoms with E-state index in [4.69, 9.17) is 33.2 Å². The molecule has 2 rings (SSSR count). The zero-order chi connectivity index (χ0) is 11.5. The highest BCUT2D eigenvalue weighted by atomic mass is 35.5. The second-order valence-corrected chi connectivity index (χ2v) is 4.29. The summed E-state index contributed by atoms with van der Waals surface area (Å²) in [5, 5.41) is 9.88. The monoisotopic (exact) mass is 256 g/mol. The second-order valence-electron chi connectivity index (χ2n) is 3.51. The Labute approximate surface area is 104 Å². The van der Waals surface area contributed by atoms with Crippen LogP contribution in [0.15, 0.2) is 18.2 Å². The first-order valence-electron chi connectivity index (χ1n) is 4.92. The predicted octanol–water partition coefficient (Wildman–Crippen LogP) is 2.72. The molecule has 0 aromatic heterocycles. The number of hydrogen-bond donors (Lipinski definition) is 0. The van der Waals surface area contributed by atoms with Crippen LogP contribution in [0.25, 0.3) is 0 Å². The summed E-state index contributed by atoms with van der Waals surface area (Å²) in [5.41, 5.74) is 0.859. The highest BCUT2D eigenvalue weighted by molar-refractivity contribution is 6.43. The largest absolute Gasteiger partial charge is 0.364 e. The maximum Gasteiger partial charge on any atom is 0.161 e. The maximum atomic E-state index is 8.82. The van der Waals surface area contributed by atoms with Gasteiger partial charge in [0.2, 0.25) is 0 Å². The number of halogens is 2. The first-order valence-corrected chi connectivity index (χ1v) is 5.68. The van der Waals surface area contributed by atoms with Gasteiger partial charge in [0.25, 0.3) is 0 Å². The summed E-state index contributed by atoms with van der Waals surface area (Å²) in [6.07, 6.45) is -0.399. The Morgan fingerprint density at radius 1 is 1.44 bits per heavy atom. The van der Waals surface area contributed by atoms with E-state index in [1.165, 1.54) is 0 Å². The Bertz CT molecular complexity index is 430. The lowest BCUT2D eigenvalue weighted by Crippen LogP contribution is -2.42. The SMILES string of the molecule is N#CC1CN(c2cccc(Cl)c2Cl)CCO1. The molecule has 1 aromatic carbocycles. The van der Waals surface area contributed by atoms with Gasteiger partial charge in [-0.1, -0.05) is 29.3 Å². The molecule has 1 fully saturated rings. The molecule has 0 aliphatic carbocycles. The molecule has 1 aromatic rings. The van der Waals surface area contributed by atoms with E-state index in [2.05, 4.69) is 6.07 Å². The number of nitrogens with zero attached hydrogens (tertiary/aromatic N) is 2. The second kappa shape index (κ2) is 4.92. The van der Waals surface area contributed by atoms with E-state index in [-0.39, 0.29) is 0 Å². The third kappa shape index (κ3) is 2.25. The van der Waals surface area contributed by atoms with Crippen molar-refractivity contribution in [3.05, 3.63) is 28.2 Å². The molecule has 0 saturated carbocycles. The van der Waals surface area contributed by atoms with Crippen molar-refractivity contribution in [1.29, 1.82) is 5.26 Å². The molecule has 84 valence electrons. The highest BCUT2D eigenvalue weighted by Crippen LogP contribution is 2.33. The topological polar surface area (TPSA) is 36.3 Å². The average molecular weight is 257 g/mol. The molecule has 5 heteroatoms. The summed E-state index contributed by atoms with van der Waals surface area (Å²) in [5.74, 6) is 0. The van der Waals surface area contributed by atoms with Crippen molar-refractivity contribution in [2.75, 3.05) is 24.6 Å². The molecule has 0 N–H and O–H groups in total. The van der Waals surface area contributed by atoms with Crippen LogP contribution in [-0.4, -0.2) is 25.8 Å². The summed E-state index contributed by atoms with van der Waals surface area (Å²) in [6.45, 7) is 1.77. The van der Waals surface area contributed by atoms with Crippen LogP contribution >= 0.6 is 23.2 Å². The quantitative estimate of drug-likeness (QED) is 0.776. The molecular weight excluding hydrogens is 247 g/mol. The van der Waals surface area contributed by atoms with Crippen LogP contribution in [-0.2, 0) is 4.74 Å². The minimum atomic E-state index is -0.399. The van der Waals surface area contributed by atoms with Crippen molar-refractivity contribution < 1.29 is 4.74 Å². The average Bonchev–Trinajstić information content (AvgIpc) is 2.33. The van der Waals surface area contributed by atoms with Gasteiger partial charge in [-0.15, -0.1) is 0 Å². The van der Waals surface area contributed by atoms with Crippen LogP contribution < -0.4 is 4.90 Å². The van der Waals surface area contributed by atoms with E-state index in [1.807, 2.05) is 17.0 Å². The highest BCUT2D eigenvalue weighted by Gasteiger charge is 2.22. The number of morpholine rings is 1. The lowest BCUT2D eigenvalue weighted by atomic mass is 10.2. The van der Waals surface area contributed by atoms with Gasteiger partial charge in [-0.05, 0) is 12.1 Å². The predicted molar refractivity (Wildman–Crippen MR) is 64.0 cm³/mol. The molecule has 0 spiro atoms. The maximum absolute atomic E-state index is 8.82. The van der Waals surface area contributed by atoms with Gasteiger partial charge < -0.3 is 9.64 Å². The minimum Gasteiger partial charge on any atom is -0.364 e. The Morgan fingerprint density at radius 2 is 2.25 bits per heavy atom. The van der Waals surface area contributed by atoms with E-state index in [1.54, 1.807) is 6.07 Å². The van der Waals surface area contributed by atoms with Gasteiger partial charge in [0.05, 0.1) is 35.0 Å². The summed E-state index contributed by atoms with van der Waals surface area (Å²) in [6, 6.07) is 7.59. The summed E-state index contributed by atoms with van der Waals surface area (Å²) < 4.78 is 5.27. The first-order chi connectivity index (χ1) is 7.72. The Hall–Kier alpha value is -0.950. The smallest absolute Gasteiger partial charge is 0.161 e. The first kappa shape index (κ1) is 11.5. The van der Waals surface area contributed by atoms with Crippen LogP contribution in [0.2, 0.25) is 10.0 Å². The Balaban J connectivity index is 2.24. The molecule has 1 atom stereocenters. The van der Waals surface area contributed by atoms with Crippen LogP contribution in [0.4, 0.5) is 5.69 Å². The van der Waals surface area contributed by atoms with Crippen LogP contribution in [0.5, 0.6) is 0 Å². The summed E-state index contributed by atoms with van der Waals surface area (Å²) in [4.78, 5) is 2.02. The standard InChI is InChI=1S/C11H10Cl2N2O/c12-9-2-1-3-10(11(9)13)15-4-5-16-8(6-14)7-15/h1-3,8H,4-5,7H2. The number of ether oxygens (including phenoxy) is 1. The van der Waals surface area contributed by atoms with Gasteiger partial charge in [0, 0.05) is 6.54 Å². The lowest BCUT2D eigenvalue weighted by Gasteiger charge is -2.32. The van der Waals surface area contributed by atoms with E-state index in [0.717, 1.165) is 12.2 Å². The fourth-order valence-electron chi connectivity index (χ4n) is 1.68. The molecule has 0 bridgehead atoms. The number of anilines is 1. The van der Waals surface area contributed by atoms with E-state index in [0.29, 0.717) is 23.2 Å². The van der Waals surface area contributed by atoms with Crippen LogP contribution in [0.3, 0.4) is 0 Å². The summed E-state index contributed by atoms with van der Waals surface area (Å²) >= 11 is 12.1. The van der Waals surface area contributed by atoms with Gasteiger partial charge in [-0.3, -0.25) is 0 Å². The number of nitriles is 1. The molecule has 0 amide bonds. The number of hydrogen-bond acceptors (Lipinski definition) is 3. The lowest BCUT2D eigenvalue weighted by molar-refractivity contribution is 0.0765. The van der Waals surface area contributed by atoms with Crippen molar-refractivity contribution in [2.45, 2.75) is 6.10 Å². The molecule has 1 saturated heterocycles. The molecule has 3 nitrogen and oxygen atoms in total. The van der Waals surface area contributed by atoms with E-state index >= 15 is 0 Å². The third-order valence-corrected chi connectivity index (χ3v) is 3.29. The zero-order valence-electron chi connectivity index (χ0n) is 8.49. The van der Waals surface area contributed by atoms with Crippen molar-refractivity contribution in [3.63, 3.8) is 0 Å². The normalized spacial score (nSPS) is 20.6. The van der Waals surface area contributed by atoms with Crippen molar-refractivity contribution in [1.82, 2.24) is 0 Å². The fraction of sp³-hybridized carbons (Fsp3) is 0.364. The molecule has 16 heavy (non-hydrogen) atoms. The van der Waals surface area contributed by atoms with Gasteiger partial charge >= 0.3 is 0 Å². The third-order valence-electron chi connectivity index (χ3n) is 2.48. The molecule has 1 unspecified atom stereocenters. The zero-order valence-corrected chi connectivity index (χ0v) is 10.0. The molecular formula is C11H10Cl2N2O. The number of benzene rings is 1. The molecule has 1 aliphatic heterocycles.